The van der Waals surface area contributed by atoms with Crippen molar-refractivity contribution in [3.8, 4) is 11.8 Å². The summed E-state index contributed by atoms with van der Waals surface area (Å²) in [6.07, 6.45) is 0.241. The Morgan fingerprint density at radius 1 is 1.35 bits per heavy atom. The highest BCUT2D eigenvalue weighted by Gasteiger charge is 2.09. The molecule has 0 aromatic heterocycles. The third-order valence-electron chi connectivity index (χ3n) is 2.71. The van der Waals surface area contributed by atoms with Crippen molar-refractivity contribution in [1.82, 2.24) is 10.6 Å². The Kier molecular flexibility index (Phi) is 6.27. The Hall–Kier alpha value is -2.32. The minimum Gasteiger partial charge on any atom is -0.384 e. The second-order valence-corrected chi connectivity index (χ2v) is 4.17. The first-order valence-corrected chi connectivity index (χ1v) is 6.27. The lowest BCUT2D eigenvalue weighted by molar-refractivity contribution is -0.120. The van der Waals surface area contributed by atoms with E-state index < -0.39 is 0 Å². The van der Waals surface area contributed by atoms with Crippen molar-refractivity contribution in [2.75, 3.05) is 20.2 Å². The van der Waals surface area contributed by atoms with Crippen LogP contribution in [0, 0.1) is 18.8 Å². The molecule has 2 amide bonds. The smallest absolute Gasteiger partial charge is 0.251 e. The summed E-state index contributed by atoms with van der Waals surface area (Å²) in [5, 5.41) is 13.8. The first-order chi connectivity index (χ1) is 9.58. The van der Waals surface area contributed by atoms with Crippen molar-refractivity contribution in [2.24, 2.45) is 0 Å². The second kappa shape index (κ2) is 7.97. The second-order valence-electron chi connectivity index (χ2n) is 4.17. The van der Waals surface area contributed by atoms with E-state index in [9.17, 15) is 9.59 Å². The number of rotatable bonds is 4. The third-order valence-corrected chi connectivity index (χ3v) is 2.71. The van der Waals surface area contributed by atoms with E-state index in [4.69, 9.17) is 5.11 Å². The van der Waals surface area contributed by atoms with Gasteiger partial charge in [0.25, 0.3) is 5.91 Å². The zero-order valence-electron chi connectivity index (χ0n) is 11.6. The van der Waals surface area contributed by atoms with Crippen LogP contribution >= 0.6 is 0 Å². The van der Waals surface area contributed by atoms with E-state index in [0.29, 0.717) is 11.1 Å². The number of carbonyl (C=O) groups excluding carboxylic acids is 2. The number of hydrogen-bond acceptors (Lipinski definition) is 3. The van der Waals surface area contributed by atoms with Crippen LogP contribution in [-0.4, -0.2) is 37.1 Å². The number of benzene rings is 1. The molecule has 0 unspecified atom stereocenters. The van der Waals surface area contributed by atoms with Gasteiger partial charge in [-0.15, -0.1) is 0 Å². The molecular formula is C15H18N2O3. The van der Waals surface area contributed by atoms with E-state index in [2.05, 4.69) is 22.5 Å². The van der Waals surface area contributed by atoms with Gasteiger partial charge in [-0.1, -0.05) is 17.9 Å². The molecule has 0 heterocycles. The Balaban J connectivity index is 2.74. The fraction of sp³-hybridized carbons (Fsp3) is 0.333. The van der Waals surface area contributed by atoms with E-state index in [1.807, 2.05) is 6.92 Å². The molecule has 5 heteroatoms. The van der Waals surface area contributed by atoms with Crippen molar-refractivity contribution in [2.45, 2.75) is 13.3 Å². The molecule has 1 aromatic carbocycles. The Bertz CT molecular complexity index is 556. The summed E-state index contributed by atoms with van der Waals surface area (Å²) in [6, 6.07) is 5.27. The normalized spacial score (nSPS) is 9.35. The molecule has 20 heavy (non-hydrogen) atoms. The van der Waals surface area contributed by atoms with Crippen LogP contribution in [0.5, 0.6) is 0 Å². The molecule has 0 spiro atoms. The zero-order chi connectivity index (χ0) is 15.0. The molecule has 3 N–H and O–H groups in total. The first kappa shape index (κ1) is 15.7. The van der Waals surface area contributed by atoms with Crippen LogP contribution in [0.1, 0.15) is 27.9 Å². The van der Waals surface area contributed by atoms with Gasteiger partial charge in [-0.3, -0.25) is 9.59 Å². The number of aryl methyl sites for hydroxylation is 1. The molecule has 106 valence electrons. The first-order valence-electron chi connectivity index (χ1n) is 6.27. The van der Waals surface area contributed by atoms with Crippen LogP contribution in [0.4, 0.5) is 0 Å². The fourth-order valence-electron chi connectivity index (χ4n) is 1.60. The number of aliphatic hydroxyl groups excluding tert-OH is 1. The highest BCUT2D eigenvalue weighted by molar-refractivity contribution is 5.96. The van der Waals surface area contributed by atoms with Gasteiger partial charge in [0.1, 0.15) is 6.61 Å². The van der Waals surface area contributed by atoms with Crippen LogP contribution in [0.2, 0.25) is 0 Å². The van der Waals surface area contributed by atoms with E-state index in [1.54, 1.807) is 25.2 Å². The van der Waals surface area contributed by atoms with Gasteiger partial charge in [0.15, 0.2) is 0 Å². The molecule has 0 saturated carbocycles. The fourth-order valence-corrected chi connectivity index (χ4v) is 1.60. The van der Waals surface area contributed by atoms with Gasteiger partial charge in [-0.2, -0.15) is 0 Å². The molecule has 0 atom stereocenters. The molecule has 0 aliphatic rings. The Morgan fingerprint density at radius 3 is 2.75 bits per heavy atom. The lowest BCUT2D eigenvalue weighted by Gasteiger charge is -2.08. The summed E-state index contributed by atoms with van der Waals surface area (Å²) in [5.41, 5.74) is 2.02. The zero-order valence-corrected chi connectivity index (χ0v) is 11.6. The van der Waals surface area contributed by atoms with Gasteiger partial charge in [0.05, 0.1) is 0 Å². The van der Waals surface area contributed by atoms with Gasteiger partial charge in [0, 0.05) is 31.1 Å². The van der Waals surface area contributed by atoms with Crippen molar-refractivity contribution in [3.05, 3.63) is 34.9 Å². The molecule has 0 aliphatic carbocycles. The average Bonchev–Trinajstić information content (AvgIpc) is 2.45. The van der Waals surface area contributed by atoms with Gasteiger partial charge in [-0.05, 0) is 24.6 Å². The number of hydrogen-bond donors (Lipinski definition) is 3. The Labute approximate surface area is 118 Å². The highest BCUT2D eigenvalue weighted by Crippen LogP contribution is 2.10. The van der Waals surface area contributed by atoms with Crippen molar-refractivity contribution < 1.29 is 14.7 Å². The van der Waals surface area contributed by atoms with E-state index >= 15 is 0 Å². The van der Waals surface area contributed by atoms with Crippen molar-refractivity contribution in [3.63, 3.8) is 0 Å². The van der Waals surface area contributed by atoms with Crippen LogP contribution in [0.15, 0.2) is 18.2 Å². The van der Waals surface area contributed by atoms with Gasteiger partial charge < -0.3 is 15.7 Å². The third kappa shape index (κ3) is 4.75. The molecule has 5 nitrogen and oxygen atoms in total. The molecule has 0 aliphatic heterocycles. The van der Waals surface area contributed by atoms with E-state index in [0.717, 1.165) is 5.56 Å². The molecular weight excluding hydrogens is 256 g/mol. The summed E-state index contributed by atoms with van der Waals surface area (Å²) in [7, 11) is 1.55. The summed E-state index contributed by atoms with van der Waals surface area (Å²) in [5.74, 6) is 4.94. The minimum absolute atomic E-state index is 0.121. The average molecular weight is 274 g/mol. The summed E-state index contributed by atoms with van der Waals surface area (Å²) >= 11 is 0. The molecule has 0 saturated heterocycles. The largest absolute Gasteiger partial charge is 0.384 e. The van der Waals surface area contributed by atoms with Gasteiger partial charge in [0.2, 0.25) is 5.91 Å². The standard InChI is InChI=1S/C15H18N2O3/c1-11-5-6-12(4-3-9-18)10-13(11)15(20)17-8-7-14(19)16-2/h5-6,10,18H,7-9H2,1-2H3,(H,16,19)(H,17,20). The highest BCUT2D eigenvalue weighted by atomic mass is 16.2. The summed E-state index contributed by atoms with van der Waals surface area (Å²) in [4.78, 5) is 23.1. The molecule has 0 bridgehead atoms. The lowest BCUT2D eigenvalue weighted by Crippen LogP contribution is -2.29. The maximum absolute atomic E-state index is 12.0. The van der Waals surface area contributed by atoms with Crippen LogP contribution in [-0.2, 0) is 4.79 Å². The Morgan fingerprint density at radius 2 is 2.10 bits per heavy atom. The van der Waals surface area contributed by atoms with Crippen LogP contribution in [0.3, 0.4) is 0 Å². The quantitative estimate of drug-likeness (QED) is 0.687. The minimum atomic E-state index is -0.237. The topological polar surface area (TPSA) is 78.4 Å². The predicted molar refractivity (Wildman–Crippen MR) is 76.2 cm³/mol. The van der Waals surface area contributed by atoms with Gasteiger partial charge >= 0.3 is 0 Å². The number of amides is 2. The number of aliphatic hydroxyl groups is 1. The van der Waals surface area contributed by atoms with E-state index in [1.165, 1.54) is 0 Å². The van der Waals surface area contributed by atoms with Gasteiger partial charge in [-0.25, -0.2) is 0 Å². The molecule has 1 rings (SSSR count). The van der Waals surface area contributed by atoms with Crippen molar-refractivity contribution in [1.29, 1.82) is 0 Å². The SMILES string of the molecule is CNC(=O)CCNC(=O)c1cc(C#CCO)ccc1C. The van der Waals surface area contributed by atoms with Crippen LogP contribution < -0.4 is 10.6 Å². The lowest BCUT2D eigenvalue weighted by atomic mass is 10.0. The van der Waals surface area contributed by atoms with Crippen LogP contribution in [0.25, 0.3) is 0 Å². The maximum atomic E-state index is 12.0. The molecule has 0 fully saturated rings. The number of carbonyl (C=O) groups is 2. The predicted octanol–water partition coefficient (Wildman–Crippen LogP) is 0.205. The summed E-state index contributed by atoms with van der Waals surface area (Å²) in [6.45, 7) is 1.89. The van der Waals surface area contributed by atoms with E-state index in [-0.39, 0.29) is 31.4 Å². The maximum Gasteiger partial charge on any atom is 0.251 e. The summed E-state index contributed by atoms with van der Waals surface area (Å²) < 4.78 is 0. The van der Waals surface area contributed by atoms with Crippen molar-refractivity contribution >= 4 is 11.8 Å². The monoisotopic (exact) mass is 274 g/mol. The molecule has 0 radical (unpaired) electrons. The number of nitrogens with one attached hydrogen (secondary N) is 2. The molecule has 1 aromatic rings.